The molecule has 25 heavy (non-hydrogen) atoms. The van der Waals surface area contributed by atoms with Gasteiger partial charge >= 0.3 is 0 Å². The van der Waals surface area contributed by atoms with Gasteiger partial charge < -0.3 is 4.42 Å². The second-order valence-electron chi connectivity index (χ2n) is 6.32. The van der Waals surface area contributed by atoms with Crippen molar-refractivity contribution in [2.24, 2.45) is 5.10 Å². The highest BCUT2D eigenvalue weighted by Gasteiger charge is 2.12. The van der Waals surface area contributed by atoms with E-state index in [-0.39, 0.29) is 0 Å². The molecule has 0 unspecified atom stereocenters. The van der Waals surface area contributed by atoms with E-state index in [4.69, 9.17) is 4.42 Å². The number of nitrogens with zero attached hydrogens (tertiary/aromatic N) is 3. The van der Waals surface area contributed by atoms with Gasteiger partial charge in [0, 0.05) is 11.3 Å². The number of fused-ring (bicyclic) bond motifs is 2. The third-order valence-electron chi connectivity index (χ3n) is 3.83. The second-order valence-corrected chi connectivity index (χ2v) is 7.35. The number of oxazole rings is 1. The summed E-state index contributed by atoms with van der Waals surface area (Å²) in [5, 5.41) is 4.98. The van der Waals surface area contributed by atoms with Gasteiger partial charge in [0.15, 0.2) is 5.58 Å². The number of nitrogens with one attached hydrogen (secondary N) is 1. The van der Waals surface area contributed by atoms with Crippen LogP contribution in [0.15, 0.2) is 39.9 Å². The van der Waals surface area contributed by atoms with Gasteiger partial charge in [-0.1, -0.05) is 17.4 Å². The van der Waals surface area contributed by atoms with Gasteiger partial charge in [-0.2, -0.15) is 5.10 Å². The number of hydrogen-bond acceptors (Lipinski definition) is 6. The van der Waals surface area contributed by atoms with Gasteiger partial charge in [-0.05, 0) is 63.1 Å². The van der Waals surface area contributed by atoms with E-state index >= 15 is 0 Å². The molecule has 0 spiro atoms. The van der Waals surface area contributed by atoms with Crippen LogP contribution in [-0.4, -0.2) is 15.7 Å². The van der Waals surface area contributed by atoms with Crippen molar-refractivity contribution in [2.45, 2.75) is 27.7 Å². The summed E-state index contributed by atoms with van der Waals surface area (Å²) in [6.07, 6.45) is 0. The Labute approximate surface area is 149 Å². The van der Waals surface area contributed by atoms with Crippen molar-refractivity contribution in [1.29, 1.82) is 0 Å². The minimum absolute atomic E-state index is 0.635. The van der Waals surface area contributed by atoms with E-state index in [9.17, 15) is 0 Å². The first-order chi connectivity index (χ1) is 12.0. The molecule has 0 aliphatic carbocycles. The zero-order chi connectivity index (χ0) is 17.6. The van der Waals surface area contributed by atoms with Gasteiger partial charge in [-0.3, -0.25) is 5.43 Å². The summed E-state index contributed by atoms with van der Waals surface area (Å²) < 4.78 is 7.08. The van der Waals surface area contributed by atoms with E-state index in [1.54, 1.807) is 11.3 Å². The molecule has 0 amide bonds. The Kier molecular flexibility index (Phi) is 3.77. The molecule has 6 heteroatoms. The molecule has 1 N–H and O–H groups in total. The Bertz CT molecular complexity index is 1120. The van der Waals surface area contributed by atoms with Crippen LogP contribution in [0, 0.1) is 13.8 Å². The van der Waals surface area contributed by atoms with E-state index in [1.807, 2.05) is 39.0 Å². The summed E-state index contributed by atoms with van der Waals surface area (Å²) in [6, 6.07) is 10.2. The summed E-state index contributed by atoms with van der Waals surface area (Å²) in [5.41, 5.74) is 9.86. The van der Waals surface area contributed by atoms with E-state index in [0.717, 1.165) is 43.3 Å². The standard InChI is InChI=1S/C19H18N4OS/c1-10(2)22-23-19-21-14-6-5-13(9-16(14)25-19)18-20-15-8-11(3)7-12(4)17(15)24-18/h5-9H,1-4H3,(H,21,23). The lowest BCUT2D eigenvalue weighted by atomic mass is 10.1. The fourth-order valence-corrected chi connectivity index (χ4v) is 3.61. The number of thiazole rings is 1. The Morgan fingerprint density at radius 2 is 1.92 bits per heavy atom. The van der Waals surface area contributed by atoms with Crippen LogP contribution in [0.5, 0.6) is 0 Å². The first kappa shape index (κ1) is 15.8. The Morgan fingerprint density at radius 3 is 2.72 bits per heavy atom. The Morgan fingerprint density at radius 1 is 1.08 bits per heavy atom. The Balaban J connectivity index is 1.76. The van der Waals surface area contributed by atoms with Gasteiger partial charge in [0.25, 0.3) is 0 Å². The first-order valence-electron chi connectivity index (χ1n) is 8.05. The van der Waals surface area contributed by atoms with E-state index in [0.29, 0.717) is 5.89 Å². The molecule has 0 saturated carbocycles. The molecule has 0 radical (unpaired) electrons. The third kappa shape index (κ3) is 3.00. The predicted molar refractivity (Wildman–Crippen MR) is 105 cm³/mol. The first-order valence-corrected chi connectivity index (χ1v) is 8.87. The highest BCUT2D eigenvalue weighted by molar-refractivity contribution is 7.22. The quantitative estimate of drug-likeness (QED) is 0.390. The molecule has 2 aromatic carbocycles. The molecule has 2 heterocycles. The van der Waals surface area contributed by atoms with Crippen molar-refractivity contribution in [1.82, 2.24) is 9.97 Å². The van der Waals surface area contributed by atoms with E-state index in [1.165, 1.54) is 5.56 Å². The van der Waals surface area contributed by atoms with Crippen LogP contribution in [0.1, 0.15) is 25.0 Å². The molecule has 0 saturated heterocycles. The summed E-state index contributed by atoms with van der Waals surface area (Å²) in [7, 11) is 0. The maximum Gasteiger partial charge on any atom is 0.227 e. The molecule has 126 valence electrons. The molecule has 5 nitrogen and oxygen atoms in total. The number of anilines is 1. The summed E-state index contributed by atoms with van der Waals surface area (Å²) in [4.78, 5) is 9.20. The maximum absolute atomic E-state index is 6.01. The van der Waals surface area contributed by atoms with Crippen LogP contribution in [0.4, 0.5) is 5.13 Å². The minimum Gasteiger partial charge on any atom is -0.436 e. The van der Waals surface area contributed by atoms with Gasteiger partial charge in [-0.25, -0.2) is 9.97 Å². The SMILES string of the molecule is CC(C)=NNc1nc2ccc(-c3nc4cc(C)cc(C)c4o3)cc2s1. The average Bonchev–Trinajstić information content (AvgIpc) is 3.15. The molecule has 4 rings (SSSR count). The fraction of sp³-hybridized carbons (Fsp3) is 0.211. The largest absolute Gasteiger partial charge is 0.436 e. The van der Waals surface area contributed by atoms with Gasteiger partial charge in [0.2, 0.25) is 11.0 Å². The van der Waals surface area contributed by atoms with Crippen molar-refractivity contribution < 1.29 is 4.42 Å². The number of hydrogen-bond donors (Lipinski definition) is 1. The smallest absolute Gasteiger partial charge is 0.227 e. The molecule has 0 aliphatic heterocycles. The number of aryl methyl sites for hydroxylation is 2. The van der Waals surface area contributed by atoms with E-state index < -0.39 is 0 Å². The molecule has 4 aromatic rings. The highest BCUT2D eigenvalue weighted by atomic mass is 32.1. The summed E-state index contributed by atoms with van der Waals surface area (Å²) in [5.74, 6) is 0.635. The van der Waals surface area contributed by atoms with Crippen LogP contribution < -0.4 is 5.43 Å². The molecule has 2 aromatic heterocycles. The topological polar surface area (TPSA) is 63.3 Å². The molecule has 0 atom stereocenters. The van der Waals surface area contributed by atoms with Crippen molar-refractivity contribution in [2.75, 3.05) is 5.43 Å². The lowest BCUT2D eigenvalue weighted by Gasteiger charge is -1.95. The van der Waals surface area contributed by atoms with E-state index in [2.05, 4.69) is 39.6 Å². The fourth-order valence-electron chi connectivity index (χ4n) is 2.77. The minimum atomic E-state index is 0.635. The number of aromatic nitrogens is 2. The zero-order valence-electron chi connectivity index (χ0n) is 14.5. The molecule has 0 fully saturated rings. The molecule has 0 bridgehead atoms. The maximum atomic E-state index is 6.01. The van der Waals surface area contributed by atoms with Crippen LogP contribution in [0.2, 0.25) is 0 Å². The summed E-state index contributed by atoms with van der Waals surface area (Å²) >= 11 is 1.56. The predicted octanol–water partition coefficient (Wildman–Crippen LogP) is 5.53. The highest BCUT2D eigenvalue weighted by Crippen LogP contribution is 2.32. The molecular formula is C19H18N4OS. The van der Waals surface area contributed by atoms with Crippen molar-refractivity contribution in [3.05, 3.63) is 41.5 Å². The number of rotatable bonds is 3. The van der Waals surface area contributed by atoms with Crippen LogP contribution in [-0.2, 0) is 0 Å². The van der Waals surface area contributed by atoms with Crippen molar-refractivity contribution in [3.8, 4) is 11.5 Å². The van der Waals surface area contributed by atoms with Crippen LogP contribution >= 0.6 is 11.3 Å². The lowest BCUT2D eigenvalue weighted by molar-refractivity contribution is 0.617. The van der Waals surface area contributed by atoms with Gasteiger partial charge in [0.05, 0.1) is 10.2 Å². The van der Waals surface area contributed by atoms with Gasteiger partial charge in [0.1, 0.15) is 5.52 Å². The second kappa shape index (κ2) is 5.97. The molecule has 0 aliphatic rings. The Hall–Kier alpha value is -2.73. The normalized spacial score (nSPS) is 11.2. The third-order valence-corrected chi connectivity index (χ3v) is 4.75. The van der Waals surface area contributed by atoms with Crippen LogP contribution in [0.25, 0.3) is 32.8 Å². The molecular weight excluding hydrogens is 332 g/mol. The monoisotopic (exact) mass is 350 g/mol. The zero-order valence-corrected chi connectivity index (χ0v) is 15.4. The number of benzene rings is 2. The van der Waals surface area contributed by atoms with Crippen molar-refractivity contribution in [3.63, 3.8) is 0 Å². The average molecular weight is 350 g/mol. The van der Waals surface area contributed by atoms with Crippen LogP contribution in [0.3, 0.4) is 0 Å². The van der Waals surface area contributed by atoms with Gasteiger partial charge in [-0.15, -0.1) is 0 Å². The summed E-state index contributed by atoms with van der Waals surface area (Å²) in [6.45, 7) is 7.99. The lowest BCUT2D eigenvalue weighted by Crippen LogP contribution is -1.91. The van der Waals surface area contributed by atoms with Crippen molar-refractivity contribution >= 4 is 43.5 Å². The number of hydrazone groups is 1.